The van der Waals surface area contributed by atoms with Crippen LogP contribution in [-0.2, 0) is 14.8 Å². The number of primary sulfonamides is 1. The summed E-state index contributed by atoms with van der Waals surface area (Å²) in [6, 6.07) is 3.80. The third-order valence-corrected chi connectivity index (χ3v) is 3.97. The standard InChI is InChI=1S/C12H16BrN3O4S/c1-7(2)16-11(17)6-15-12(18)9-5-8(21(14,19)20)3-4-10(9)13/h3-5,7H,6H2,1-2H3,(H,15,18)(H,16,17)(H2,14,19,20). The van der Waals surface area contributed by atoms with Crippen LogP contribution in [0, 0.1) is 0 Å². The van der Waals surface area contributed by atoms with Gasteiger partial charge in [-0.05, 0) is 48.0 Å². The van der Waals surface area contributed by atoms with Gasteiger partial charge < -0.3 is 10.6 Å². The molecule has 1 aromatic rings. The first kappa shape index (κ1) is 17.6. The zero-order chi connectivity index (χ0) is 16.2. The van der Waals surface area contributed by atoms with Crippen LogP contribution in [0.2, 0.25) is 0 Å². The van der Waals surface area contributed by atoms with Crippen molar-refractivity contribution in [1.82, 2.24) is 10.6 Å². The van der Waals surface area contributed by atoms with Crippen molar-refractivity contribution < 1.29 is 18.0 Å². The fraction of sp³-hybridized carbons (Fsp3) is 0.333. The molecular formula is C12H16BrN3O4S. The average Bonchev–Trinajstić information content (AvgIpc) is 2.34. The Morgan fingerprint density at radius 1 is 1.33 bits per heavy atom. The van der Waals surface area contributed by atoms with Gasteiger partial charge in [-0.1, -0.05) is 0 Å². The Morgan fingerprint density at radius 2 is 1.95 bits per heavy atom. The van der Waals surface area contributed by atoms with E-state index in [0.29, 0.717) is 4.47 Å². The second kappa shape index (κ2) is 7.01. The van der Waals surface area contributed by atoms with Crippen LogP contribution >= 0.6 is 15.9 Å². The highest BCUT2D eigenvalue weighted by Gasteiger charge is 2.16. The second-order valence-corrected chi connectivity index (χ2v) is 7.01. The molecule has 0 saturated heterocycles. The maximum Gasteiger partial charge on any atom is 0.252 e. The maximum absolute atomic E-state index is 12.0. The molecule has 0 radical (unpaired) electrons. The monoisotopic (exact) mass is 377 g/mol. The van der Waals surface area contributed by atoms with Gasteiger partial charge in [0.15, 0.2) is 0 Å². The van der Waals surface area contributed by atoms with Gasteiger partial charge in [-0.15, -0.1) is 0 Å². The molecule has 0 bridgehead atoms. The summed E-state index contributed by atoms with van der Waals surface area (Å²) in [6.45, 7) is 3.39. The molecule has 0 heterocycles. The third-order valence-electron chi connectivity index (χ3n) is 2.37. The molecule has 0 spiro atoms. The van der Waals surface area contributed by atoms with Crippen molar-refractivity contribution in [3.63, 3.8) is 0 Å². The van der Waals surface area contributed by atoms with Crippen molar-refractivity contribution in [1.29, 1.82) is 0 Å². The zero-order valence-corrected chi connectivity index (χ0v) is 13.9. The summed E-state index contributed by atoms with van der Waals surface area (Å²) >= 11 is 3.15. The van der Waals surface area contributed by atoms with Crippen LogP contribution in [0.3, 0.4) is 0 Å². The highest BCUT2D eigenvalue weighted by atomic mass is 79.9. The predicted molar refractivity (Wildman–Crippen MR) is 81.1 cm³/mol. The van der Waals surface area contributed by atoms with Crippen molar-refractivity contribution in [3.05, 3.63) is 28.2 Å². The number of hydrogen-bond donors (Lipinski definition) is 3. The lowest BCUT2D eigenvalue weighted by Crippen LogP contribution is -2.39. The SMILES string of the molecule is CC(C)NC(=O)CNC(=O)c1cc(S(N)(=O)=O)ccc1Br. The number of amides is 2. The molecule has 4 N–H and O–H groups in total. The minimum Gasteiger partial charge on any atom is -0.352 e. The summed E-state index contributed by atoms with van der Waals surface area (Å²) in [5, 5.41) is 10.0. The van der Waals surface area contributed by atoms with E-state index in [1.165, 1.54) is 12.1 Å². The number of nitrogens with two attached hydrogens (primary N) is 1. The van der Waals surface area contributed by atoms with E-state index in [1.807, 2.05) is 0 Å². The van der Waals surface area contributed by atoms with Crippen LogP contribution in [0.1, 0.15) is 24.2 Å². The van der Waals surface area contributed by atoms with Gasteiger partial charge in [-0.25, -0.2) is 13.6 Å². The molecule has 116 valence electrons. The Bertz CT molecular complexity index is 658. The first-order valence-electron chi connectivity index (χ1n) is 6.01. The molecule has 0 aromatic heterocycles. The topological polar surface area (TPSA) is 118 Å². The average molecular weight is 378 g/mol. The van der Waals surface area contributed by atoms with Crippen LogP contribution in [0.15, 0.2) is 27.6 Å². The molecule has 0 atom stereocenters. The number of halogens is 1. The summed E-state index contributed by atoms with van der Waals surface area (Å²) < 4.78 is 22.9. The van der Waals surface area contributed by atoms with E-state index in [4.69, 9.17) is 5.14 Å². The van der Waals surface area contributed by atoms with E-state index in [9.17, 15) is 18.0 Å². The lowest BCUT2D eigenvalue weighted by Gasteiger charge is -2.10. The Kier molecular flexibility index (Phi) is 5.87. The second-order valence-electron chi connectivity index (χ2n) is 4.59. The smallest absolute Gasteiger partial charge is 0.252 e. The van der Waals surface area contributed by atoms with Crippen molar-refractivity contribution >= 4 is 37.8 Å². The lowest BCUT2D eigenvalue weighted by atomic mass is 10.2. The number of sulfonamides is 1. The Morgan fingerprint density at radius 3 is 2.48 bits per heavy atom. The molecule has 0 unspecified atom stereocenters. The number of benzene rings is 1. The number of nitrogens with one attached hydrogen (secondary N) is 2. The molecule has 2 amide bonds. The van der Waals surface area contributed by atoms with Crippen LogP contribution in [0.25, 0.3) is 0 Å². The van der Waals surface area contributed by atoms with E-state index >= 15 is 0 Å². The van der Waals surface area contributed by atoms with E-state index in [2.05, 4.69) is 26.6 Å². The summed E-state index contributed by atoms with van der Waals surface area (Å²) in [5.74, 6) is -0.914. The summed E-state index contributed by atoms with van der Waals surface area (Å²) in [5.41, 5.74) is 0.0823. The van der Waals surface area contributed by atoms with Gasteiger partial charge in [-0.3, -0.25) is 9.59 Å². The molecule has 1 rings (SSSR count). The maximum atomic E-state index is 12.0. The van der Waals surface area contributed by atoms with Crippen molar-refractivity contribution in [3.8, 4) is 0 Å². The molecule has 0 saturated carbocycles. The quantitative estimate of drug-likeness (QED) is 0.685. The molecule has 21 heavy (non-hydrogen) atoms. The van der Waals surface area contributed by atoms with Crippen molar-refractivity contribution in [2.24, 2.45) is 5.14 Å². The molecule has 1 aromatic carbocycles. The largest absolute Gasteiger partial charge is 0.352 e. The Labute approximate surface area is 131 Å². The predicted octanol–water partition coefficient (Wildman–Crippen LogP) is 0.351. The molecular weight excluding hydrogens is 362 g/mol. The molecule has 0 fully saturated rings. The number of carbonyl (C=O) groups is 2. The van der Waals surface area contributed by atoms with Gasteiger partial charge >= 0.3 is 0 Å². The van der Waals surface area contributed by atoms with E-state index in [1.54, 1.807) is 13.8 Å². The Hall–Kier alpha value is -1.45. The van der Waals surface area contributed by atoms with E-state index in [-0.39, 0.29) is 29.0 Å². The van der Waals surface area contributed by atoms with Crippen LogP contribution in [-0.4, -0.2) is 32.8 Å². The highest BCUT2D eigenvalue weighted by molar-refractivity contribution is 9.10. The molecule has 0 aliphatic heterocycles. The zero-order valence-electron chi connectivity index (χ0n) is 11.5. The van der Waals surface area contributed by atoms with Crippen LogP contribution in [0.5, 0.6) is 0 Å². The summed E-state index contributed by atoms with van der Waals surface area (Å²) in [4.78, 5) is 23.2. The molecule has 7 nitrogen and oxygen atoms in total. The van der Waals surface area contributed by atoms with Crippen LogP contribution in [0.4, 0.5) is 0 Å². The lowest BCUT2D eigenvalue weighted by molar-refractivity contribution is -0.120. The summed E-state index contributed by atoms with van der Waals surface area (Å²) in [7, 11) is -3.90. The normalized spacial score (nSPS) is 11.3. The first-order chi connectivity index (χ1) is 9.61. The van der Waals surface area contributed by atoms with Crippen molar-refractivity contribution in [2.45, 2.75) is 24.8 Å². The van der Waals surface area contributed by atoms with Gasteiger partial charge in [0.25, 0.3) is 5.91 Å². The number of hydrogen-bond acceptors (Lipinski definition) is 4. The fourth-order valence-electron chi connectivity index (χ4n) is 1.48. The van der Waals surface area contributed by atoms with E-state index in [0.717, 1.165) is 6.07 Å². The number of rotatable bonds is 5. The minimum absolute atomic E-state index is 0.0353. The van der Waals surface area contributed by atoms with Crippen molar-refractivity contribution in [2.75, 3.05) is 6.54 Å². The van der Waals surface area contributed by atoms with E-state index < -0.39 is 15.9 Å². The number of carbonyl (C=O) groups excluding carboxylic acids is 2. The highest BCUT2D eigenvalue weighted by Crippen LogP contribution is 2.20. The fourth-order valence-corrected chi connectivity index (χ4v) is 2.45. The summed E-state index contributed by atoms with van der Waals surface area (Å²) in [6.07, 6.45) is 0. The van der Waals surface area contributed by atoms with Gasteiger partial charge in [0.05, 0.1) is 17.0 Å². The van der Waals surface area contributed by atoms with Gasteiger partial charge in [0.1, 0.15) is 0 Å². The van der Waals surface area contributed by atoms with Gasteiger partial charge in [0.2, 0.25) is 15.9 Å². The third kappa shape index (κ3) is 5.44. The Balaban J connectivity index is 2.85. The van der Waals surface area contributed by atoms with Gasteiger partial charge in [-0.2, -0.15) is 0 Å². The minimum atomic E-state index is -3.90. The van der Waals surface area contributed by atoms with Gasteiger partial charge in [0, 0.05) is 10.5 Å². The molecule has 0 aliphatic carbocycles. The molecule has 9 heteroatoms. The first-order valence-corrected chi connectivity index (χ1v) is 8.35. The molecule has 0 aliphatic rings. The van der Waals surface area contributed by atoms with Crippen LogP contribution < -0.4 is 15.8 Å².